The van der Waals surface area contributed by atoms with Crippen LogP contribution in [0.5, 0.6) is 5.88 Å². The minimum absolute atomic E-state index is 0.650. The van der Waals surface area contributed by atoms with Crippen LogP contribution in [0.25, 0.3) is 0 Å². The number of hydrogen-bond acceptors (Lipinski definition) is 5. The van der Waals surface area contributed by atoms with Crippen molar-refractivity contribution in [3.05, 3.63) is 17.3 Å². The summed E-state index contributed by atoms with van der Waals surface area (Å²) in [5, 5.41) is 9.68. The molecule has 1 aromatic rings. The molecule has 2 atom stereocenters. The Hall–Kier alpha value is -1.49. The molecule has 0 bridgehead atoms. The Bertz CT molecular complexity index is 790. The van der Waals surface area contributed by atoms with E-state index >= 15 is 0 Å². The molecule has 0 spiro atoms. The maximum absolute atomic E-state index is 14.1. The molecule has 11 heteroatoms. The van der Waals surface area contributed by atoms with Gasteiger partial charge in [0.15, 0.2) is 16.0 Å². The quantitative estimate of drug-likeness (QED) is 0.824. The van der Waals surface area contributed by atoms with Crippen LogP contribution in [0.1, 0.15) is 36.2 Å². The van der Waals surface area contributed by atoms with Crippen LogP contribution >= 0.6 is 0 Å². The van der Waals surface area contributed by atoms with Crippen LogP contribution in [0.4, 0.5) is 22.0 Å². The molecule has 0 aromatic carbocycles. The molecule has 0 saturated heterocycles. The molecule has 0 amide bonds. The van der Waals surface area contributed by atoms with E-state index in [1.807, 2.05) is 0 Å². The van der Waals surface area contributed by atoms with Gasteiger partial charge in [-0.2, -0.15) is 8.78 Å². The second-order valence-electron chi connectivity index (χ2n) is 5.97. The van der Waals surface area contributed by atoms with Crippen LogP contribution in [0.3, 0.4) is 0 Å². The third-order valence-electron chi connectivity index (χ3n) is 4.04. The molecular weight excluding hydrogens is 361 g/mol. The number of sulfone groups is 1. The largest absolute Gasteiger partial charge is 0.474 e. The van der Waals surface area contributed by atoms with Gasteiger partial charge in [0.1, 0.15) is 12.2 Å². The summed E-state index contributed by atoms with van der Waals surface area (Å²) in [6.45, 7) is 0. The highest BCUT2D eigenvalue weighted by atomic mass is 32.2. The highest BCUT2D eigenvalue weighted by Gasteiger charge is 2.59. The molecule has 24 heavy (non-hydrogen) atoms. The zero-order valence-electron chi connectivity index (χ0n) is 12.1. The van der Waals surface area contributed by atoms with Crippen LogP contribution in [0, 0.1) is 0 Å². The van der Waals surface area contributed by atoms with Gasteiger partial charge in [0.05, 0.1) is 10.5 Å². The lowest BCUT2D eigenvalue weighted by Crippen LogP contribution is -2.43. The van der Waals surface area contributed by atoms with Gasteiger partial charge in [-0.3, -0.25) is 0 Å². The zero-order valence-corrected chi connectivity index (χ0v) is 13.0. The lowest BCUT2D eigenvalue weighted by molar-refractivity contribution is -0.146. The number of ether oxygens (including phenoxy) is 1. The number of rotatable bonds is 3. The topological polar surface area (TPSA) is 76.5 Å². The van der Waals surface area contributed by atoms with Crippen molar-refractivity contribution >= 4 is 9.84 Å². The van der Waals surface area contributed by atoms with Gasteiger partial charge in [-0.25, -0.2) is 26.6 Å². The summed E-state index contributed by atoms with van der Waals surface area (Å²) in [6, 6.07) is 0. The van der Waals surface area contributed by atoms with Crippen molar-refractivity contribution in [2.75, 3.05) is 6.26 Å². The first-order valence-electron chi connectivity index (χ1n) is 6.82. The third-order valence-corrected chi connectivity index (χ3v) is 5.17. The molecule has 0 unspecified atom stereocenters. The molecule has 1 saturated carbocycles. The zero-order chi connectivity index (χ0) is 18.1. The fourth-order valence-electron chi connectivity index (χ4n) is 2.79. The first kappa shape index (κ1) is 17.3. The number of aliphatic hydroxyl groups is 1. The Balaban J connectivity index is 2.08. The second kappa shape index (κ2) is 5.01. The fourth-order valence-corrected chi connectivity index (χ4v) is 3.66. The van der Waals surface area contributed by atoms with Crippen molar-refractivity contribution in [2.45, 2.75) is 48.0 Å². The van der Waals surface area contributed by atoms with Crippen LogP contribution < -0.4 is 4.74 Å². The SMILES string of the molecule is CS(=O)(=O)c1cnc(OC2CC(F)(F)C2)c2c1[C@H](O)C(F)(F)[C@@H]2F. The number of fused-ring (bicyclic) bond motifs is 1. The third kappa shape index (κ3) is 2.53. The summed E-state index contributed by atoms with van der Waals surface area (Å²) >= 11 is 0. The van der Waals surface area contributed by atoms with Crippen molar-refractivity contribution in [2.24, 2.45) is 0 Å². The van der Waals surface area contributed by atoms with Gasteiger partial charge in [-0.15, -0.1) is 0 Å². The minimum Gasteiger partial charge on any atom is -0.474 e. The molecule has 0 radical (unpaired) electrons. The molecule has 3 rings (SSSR count). The average Bonchev–Trinajstić information content (AvgIpc) is 2.58. The van der Waals surface area contributed by atoms with Gasteiger partial charge in [0, 0.05) is 30.9 Å². The number of hydrogen-bond donors (Lipinski definition) is 1. The van der Waals surface area contributed by atoms with E-state index in [0.29, 0.717) is 12.5 Å². The highest BCUT2D eigenvalue weighted by molar-refractivity contribution is 7.90. The van der Waals surface area contributed by atoms with E-state index in [9.17, 15) is 35.5 Å². The summed E-state index contributed by atoms with van der Waals surface area (Å²) in [7, 11) is -4.09. The number of alkyl halides is 5. The smallest absolute Gasteiger partial charge is 0.312 e. The Morgan fingerprint density at radius 3 is 2.33 bits per heavy atom. The number of nitrogens with zero attached hydrogens (tertiary/aromatic N) is 1. The van der Waals surface area contributed by atoms with E-state index in [1.165, 1.54) is 0 Å². The molecule has 134 valence electrons. The second-order valence-corrected chi connectivity index (χ2v) is 7.95. The predicted octanol–water partition coefficient (Wildman–Crippen LogP) is 2.35. The van der Waals surface area contributed by atoms with Gasteiger partial charge < -0.3 is 9.84 Å². The molecule has 2 aliphatic carbocycles. The molecule has 5 nitrogen and oxygen atoms in total. The van der Waals surface area contributed by atoms with Gasteiger partial charge in [0.2, 0.25) is 5.88 Å². The molecule has 0 aliphatic heterocycles. The van der Waals surface area contributed by atoms with E-state index in [2.05, 4.69) is 4.98 Å². The van der Waals surface area contributed by atoms with E-state index in [1.54, 1.807) is 0 Å². The van der Waals surface area contributed by atoms with Gasteiger partial charge >= 0.3 is 5.92 Å². The molecular formula is C13H12F5NO4S. The maximum Gasteiger partial charge on any atom is 0.312 e. The van der Waals surface area contributed by atoms with Crippen LogP contribution in [-0.4, -0.2) is 42.7 Å². The maximum atomic E-state index is 14.1. The monoisotopic (exact) mass is 373 g/mol. The van der Waals surface area contributed by atoms with Crippen LogP contribution in [0.15, 0.2) is 11.1 Å². The molecule has 2 aliphatic rings. The Morgan fingerprint density at radius 1 is 1.25 bits per heavy atom. The Labute approximate surface area is 133 Å². The summed E-state index contributed by atoms with van der Waals surface area (Å²) in [5.41, 5.74) is -1.75. The predicted molar refractivity (Wildman–Crippen MR) is 69.7 cm³/mol. The van der Waals surface area contributed by atoms with Crippen molar-refractivity contribution in [3.8, 4) is 5.88 Å². The highest BCUT2D eigenvalue weighted by Crippen LogP contribution is 2.56. The summed E-state index contributed by atoms with van der Waals surface area (Å²) in [4.78, 5) is 2.75. The molecule has 1 fully saturated rings. The first-order valence-corrected chi connectivity index (χ1v) is 8.71. The number of pyridine rings is 1. The summed E-state index contributed by atoms with van der Waals surface area (Å²) in [5.74, 6) is -7.95. The fraction of sp³-hybridized carbons (Fsp3) is 0.615. The van der Waals surface area contributed by atoms with Crippen LogP contribution in [0.2, 0.25) is 0 Å². The van der Waals surface area contributed by atoms with E-state index in [4.69, 9.17) is 4.74 Å². The van der Waals surface area contributed by atoms with E-state index < -0.39 is 74.8 Å². The Morgan fingerprint density at radius 2 is 1.83 bits per heavy atom. The lowest BCUT2D eigenvalue weighted by atomic mass is 9.91. The standard InChI is InChI=1S/C13H12F5NO4S/c1-24(21,22)6-4-19-11(23-5-2-12(15,16)3-5)8-7(6)10(20)13(17,18)9(8)14/h4-5,9-10,20H,2-3H2,1H3/t9-,10+/m1/s1. The van der Waals surface area contributed by atoms with Gasteiger partial charge in [-0.1, -0.05) is 0 Å². The summed E-state index contributed by atoms with van der Waals surface area (Å²) in [6.07, 6.45) is -6.86. The lowest BCUT2D eigenvalue weighted by Gasteiger charge is -2.34. The van der Waals surface area contributed by atoms with Gasteiger partial charge in [0.25, 0.3) is 5.92 Å². The van der Waals surface area contributed by atoms with Crippen molar-refractivity contribution in [3.63, 3.8) is 0 Å². The van der Waals surface area contributed by atoms with Crippen LogP contribution in [-0.2, 0) is 9.84 Å². The molecule has 1 aromatic heterocycles. The van der Waals surface area contributed by atoms with Crippen molar-refractivity contribution in [1.82, 2.24) is 4.98 Å². The minimum atomic E-state index is -4.29. The molecule has 1 N–H and O–H groups in total. The molecule has 1 heterocycles. The Kier molecular flexibility index (Phi) is 3.62. The van der Waals surface area contributed by atoms with Crippen molar-refractivity contribution in [1.29, 1.82) is 0 Å². The summed E-state index contributed by atoms with van der Waals surface area (Å²) < 4.78 is 95.8. The number of aromatic nitrogens is 1. The normalized spacial score (nSPS) is 28.3. The van der Waals surface area contributed by atoms with Gasteiger partial charge in [-0.05, 0) is 0 Å². The van der Waals surface area contributed by atoms with Crippen molar-refractivity contribution < 1.29 is 40.2 Å². The first-order chi connectivity index (χ1) is 10.8. The number of halogens is 5. The number of aliphatic hydroxyl groups excluding tert-OH is 1. The van der Waals surface area contributed by atoms with E-state index in [0.717, 1.165) is 0 Å². The average molecular weight is 373 g/mol. The van der Waals surface area contributed by atoms with E-state index in [-0.39, 0.29) is 0 Å².